The summed E-state index contributed by atoms with van der Waals surface area (Å²) in [6, 6.07) is 7.28. The molecule has 0 spiro atoms. The third kappa shape index (κ3) is 3.15. The molecule has 0 saturated heterocycles. The van der Waals surface area contributed by atoms with Gasteiger partial charge in [-0.3, -0.25) is 4.79 Å². The van der Waals surface area contributed by atoms with E-state index in [1.807, 2.05) is 31.2 Å². The maximum Gasteiger partial charge on any atom is 0.221 e. The van der Waals surface area contributed by atoms with Crippen molar-refractivity contribution in [3.8, 4) is 5.75 Å². The molecule has 1 aromatic rings. The van der Waals surface area contributed by atoms with Gasteiger partial charge in [0.1, 0.15) is 5.75 Å². The van der Waals surface area contributed by atoms with Crippen LogP contribution in [-0.2, 0) is 4.79 Å². The average molecular weight is 181 g/mol. The van der Waals surface area contributed by atoms with E-state index in [-0.39, 0.29) is 5.91 Å². The molecule has 0 aliphatic carbocycles. The van der Waals surface area contributed by atoms with Gasteiger partial charge in [0.25, 0.3) is 0 Å². The molecule has 0 saturated carbocycles. The van der Waals surface area contributed by atoms with Crippen molar-refractivity contribution in [2.75, 3.05) is 11.9 Å². The topological polar surface area (TPSA) is 38.3 Å². The molecular weight excluding hydrogens is 168 g/mol. The van der Waals surface area contributed by atoms with Crippen LogP contribution in [0.3, 0.4) is 0 Å². The maximum atomic E-state index is 10.7. The summed E-state index contributed by atoms with van der Waals surface area (Å²) in [6.45, 7) is 4.07. The quantitative estimate of drug-likeness (QED) is 0.774. The van der Waals surface area contributed by atoms with Crippen LogP contribution in [0.1, 0.15) is 13.8 Å². The summed E-state index contributed by atoms with van der Waals surface area (Å²) in [5.41, 5.74) is 0.788. The average Bonchev–Trinajstić information content (AvgIpc) is 2.08. The SMILES string of the molecule is C[14CH2]Oc1ccc(NC(C)=O)cc1. The van der Waals surface area contributed by atoms with Gasteiger partial charge in [-0.1, -0.05) is 0 Å². The van der Waals surface area contributed by atoms with Gasteiger partial charge in [0.15, 0.2) is 0 Å². The number of nitrogens with one attached hydrogen (secondary N) is 1. The Labute approximate surface area is 77.7 Å². The van der Waals surface area contributed by atoms with E-state index in [0.29, 0.717) is 6.61 Å². The molecule has 3 heteroatoms. The van der Waals surface area contributed by atoms with E-state index in [2.05, 4.69) is 5.32 Å². The lowest BCUT2D eigenvalue weighted by Crippen LogP contribution is -2.05. The third-order valence-electron chi connectivity index (χ3n) is 1.49. The summed E-state index contributed by atoms with van der Waals surface area (Å²) in [6.07, 6.45) is 0. The number of benzene rings is 1. The van der Waals surface area contributed by atoms with E-state index in [1.54, 1.807) is 0 Å². The molecule has 0 heterocycles. The van der Waals surface area contributed by atoms with Gasteiger partial charge in [-0.25, -0.2) is 0 Å². The zero-order valence-electron chi connectivity index (χ0n) is 7.83. The van der Waals surface area contributed by atoms with Crippen molar-refractivity contribution in [2.45, 2.75) is 13.8 Å². The summed E-state index contributed by atoms with van der Waals surface area (Å²) >= 11 is 0. The Kier molecular flexibility index (Phi) is 3.31. The summed E-state index contributed by atoms with van der Waals surface area (Å²) in [7, 11) is 0. The van der Waals surface area contributed by atoms with E-state index >= 15 is 0 Å². The first-order valence-corrected chi connectivity index (χ1v) is 4.23. The molecule has 0 aliphatic heterocycles. The second-order valence-corrected chi connectivity index (χ2v) is 2.64. The highest BCUT2D eigenvalue weighted by molar-refractivity contribution is 5.88. The van der Waals surface area contributed by atoms with Crippen LogP contribution in [0.4, 0.5) is 5.69 Å². The zero-order chi connectivity index (χ0) is 9.68. The molecule has 0 unspecified atom stereocenters. The Morgan fingerprint density at radius 1 is 1.38 bits per heavy atom. The molecule has 0 radical (unpaired) electrons. The molecule has 1 N–H and O–H groups in total. The van der Waals surface area contributed by atoms with Gasteiger partial charge >= 0.3 is 0 Å². The molecule has 3 nitrogen and oxygen atoms in total. The van der Waals surface area contributed by atoms with Crippen molar-refractivity contribution in [1.29, 1.82) is 0 Å². The van der Waals surface area contributed by atoms with Crippen LogP contribution in [0, 0.1) is 0 Å². The minimum absolute atomic E-state index is 0.0656. The highest BCUT2D eigenvalue weighted by Gasteiger charge is 1.95. The van der Waals surface area contributed by atoms with Crippen molar-refractivity contribution in [3.05, 3.63) is 24.3 Å². The first kappa shape index (κ1) is 9.58. The molecule has 0 aromatic heterocycles. The van der Waals surface area contributed by atoms with Crippen molar-refractivity contribution in [1.82, 2.24) is 0 Å². The number of hydrogen-bond donors (Lipinski definition) is 1. The lowest BCUT2D eigenvalue weighted by atomic mass is 10.3. The first-order valence-electron chi connectivity index (χ1n) is 4.23. The van der Waals surface area contributed by atoms with Gasteiger partial charge in [0, 0.05) is 12.6 Å². The Morgan fingerprint density at radius 2 is 2.00 bits per heavy atom. The van der Waals surface area contributed by atoms with E-state index in [9.17, 15) is 4.79 Å². The number of anilines is 1. The molecule has 70 valence electrons. The predicted octanol–water partition coefficient (Wildman–Crippen LogP) is 2.04. The van der Waals surface area contributed by atoms with E-state index < -0.39 is 0 Å². The monoisotopic (exact) mass is 181 g/mol. The van der Waals surface area contributed by atoms with E-state index in [4.69, 9.17) is 4.74 Å². The van der Waals surface area contributed by atoms with Crippen LogP contribution in [0.2, 0.25) is 0 Å². The minimum Gasteiger partial charge on any atom is -0.494 e. The molecule has 1 amide bonds. The van der Waals surface area contributed by atoms with Crippen molar-refractivity contribution < 1.29 is 9.53 Å². The van der Waals surface area contributed by atoms with Crippen molar-refractivity contribution in [2.24, 2.45) is 0 Å². The summed E-state index contributed by atoms with van der Waals surface area (Å²) in [4.78, 5) is 10.7. The fourth-order valence-corrected chi connectivity index (χ4v) is 1.00. The lowest BCUT2D eigenvalue weighted by Gasteiger charge is -2.04. The van der Waals surface area contributed by atoms with Crippen LogP contribution in [0.25, 0.3) is 0 Å². The molecule has 1 rings (SSSR count). The van der Waals surface area contributed by atoms with Gasteiger partial charge < -0.3 is 10.1 Å². The number of amides is 1. The van der Waals surface area contributed by atoms with Crippen molar-refractivity contribution >= 4 is 11.6 Å². The van der Waals surface area contributed by atoms with Gasteiger partial charge in [0.2, 0.25) is 5.91 Å². The molecule has 0 atom stereocenters. The van der Waals surface area contributed by atoms with Gasteiger partial charge in [-0.2, -0.15) is 0 Å². The molecule has 1 aromatic carbocycles. The summed E-state index contributed by atoms with van der Waals surface area (Å²) < 4.78 is 5.25. The predicted molar refractivity (Wildman–Crippen MR) is 51.9 cm³/mol. The first-order chi connectivity index (χ1) is 6.22. The summed E-state index contributed by atoms with van der Waals surface area (Å²) in [5, 5.41) is 2.68. The third-order valence-corrected chi connectivity index (χ3v) is 1.49. The number of carbonyl (C=O) groups excluding carboxylic acids is 1. The Balaban J connectivity index is 2.64. The van der Waals surface area contributed by atoms with Crippen molar-refractivity contribution in [3.63, 3.8) is 0 Å². The molecular formula is C10H13NO2. The van der Waals surface area contributed by atoms with E-state index in [0.717, 1.165) is 11.4 Å². The smallest absolute Gasteiger partial charge is 0.221 e. The number of rotatable bonds is 3. The fraction of sp³-hybridized carbons (Fsp3) is 0.300. The molecule has 0 aliphatic rings. The van der Waals surface area contributed by atoms with Gasteiger partial charge in [-0.05, 0) is 31.2 Å². The second-order valence-electron chi connectivity index (χ2n) is 2.64. The molecule has 0 bridgehead atoms. The lowest BCUT2D eigenvalue weighted by molar-refractivity contribution is -0.114. The van der Waals surface area contributed by atoms with Gasteiger partial charge in [-0.15, -0.1) is 0 Å². The number of hydrogen-bond acceptors (Lipinski definition) is 2. The highest BCUT2D eigenvalue weighted by atomic mass is 16.6. The minimum atomic E-state index is -0.0656. The Morgan fingerprint density at radius 3 is 2.46 bits per heavy atom. The Hall–Kier alpha value is -1.51. The van der Waals surface area contributed by atoms with Crippen LogP contribution in [-0.4, -0.2) is 12.5 Å². The molecule has 13 heavy (non-hydrogen) atoms. The summed E-state index contributed by atoms with van der Waals surface area (Å²) in [5.74, 6) is 0.751. The van der Waals surface area contributed by atoms with Gasteiger partial charge in [0.05, 0.1) is 6.61 Å². The zero-order valence-corrected chi connectivity index (χ0v) is 7.83. The largest absolute Gasteiger partial charge is 0.494 e. The maximum absolute atomic E-state index is 10.7. The normalized spacial score (nSPS) is 9.38. The van der Waals surface area contributed by atoms with Crippen LogP contribution < -0.4 is 10.1 Å². The standard InChI is InChI=1S/C10H13NO2/c1-3-13-10-6-4-9(5-7-10)11-8(2)12/h4-7H,3H2,1-2H3,(H,11,12)/i3+2. The fourth-order valence-electron chi connectivity index (χ4n) is 1.00. The number of carbonyl (C=O) groups is 1. The van der Waals surface area contributed by atoms with E-state index in [1.165, 1.54) is 6.92 Å². The highest BCUT2D eigenvalue weighted by Crippen LogP contribution is 2.15. The molecule has 0 fully saturated rings. The van der Waals surface area contributed by atoms with Crippen LogP contribution >= 0.6 is 0 Å². The van der Waals surface area contributed by atoms with Crippen LogP contribution in [0.5, 0.6) is 5.75 Å². The second kappa shape index (κ2) is 4.50. The Bertz CT molecular complexity index is 279. The number of ether oxygens (including phenoxy) is 1. The van der Waals surface area contributed by atoms with Crippen LogP contribution in [0.15, 0.2) is 24.3 Å².